The van der Waals surface area contributed by atoms with Gasteiger partial charge in [-0.05, 0) is 42.9 Å². The van der Waals surface area contributed by atoms with Gasteiger partial charge < -0.3 is 10.4 Å². The molecule has 2 aliphatic rings. The Morgan fingerprint density at radius 3 is 2.38 bits per heavy atom. The Morgan fingerprint density at radius 1 is 1.19 bits per heavy atom. The van der Waals surface area contributed by atoms with E-state index in [0.717, 1.165) is 19.0 Å². The van der Waals surface area contributed by atoms with Gasteiger partial charge >= 0.3 is 0 Å². The van der Waals surface area contributed by atoms with E-state index in [9.17, 15) is 5.11 Å². The molecule has 1 aliphatic heterocycles. The molecule has 1 saturated carbocycles. The van der Waals surface area contributed by atoms with Crippen molar-refractivity contribution >= 4 is 0 Å². The Labute approximate surface area is 131 Å². The summed E-state index contributed by atoms with van der Waals surface area (Å²) in [6, 6.07) is 1.44. The van der Waals surface area contributed by atoms with Gasteiger partial charge in [0.25, 0.3) is 0 Å². The van der Waals surface area contributed by atoms with Crippen LogP contribution in [0, 0.1) is 17.3 Å². The second kappa shape index (κ2) is 6.97. The van der Waals surface area contributed by atoms with Crippen molar-refractivity contribution in [3.05, 3.63) is 0 Å². The van der Waals surface area contributed by atoms with Crippen LogP contribution in [-0.4, -0.2) is 47.8 Å². The summed E-state index contributed by atoms with van der Waals surface area (Å²) >= 11 is 0. The smallest absolute Gasteiger partial charge is 0.0566 e. The molecule has 2 fully saturated rings. The van der Waals surface area contributed by atoms with Crippen LogP contribution in [0.1, 0.15) is 60.3 Å². The maximum absolute atomic E-state index is 10.2. The summed E-state index contributed by atoms with van der Waals surface area (Å²) in [4.78, 5) is 2.68. The fourth-order valence-electron chi connectivity index (χ4n) is 3.36. The fourth-order valence-corrected chi connectivity index (χ4v) is 3.36. The van der Waals surface area contributed by atoms with Crippen molar-refractivity contribution in [2.75, 3.05) is 19.6 Å². The van der Waals surface area contributed by atoms with E-state index in [1.54, 1.807) is 0 Å². The quantitative estimate of drug-likeness (QED) is 0.791. The molecule has 0 amide bonds. The van der Waals surface area contributed by atoms with Gasteiger partial charge in [0.15, 0.2) is 0 Å². The Hall–Kier alpha value is -0.120. The molecule has 21 heavy (non-hydrogen) atoms. The summed E-state index contributed by atoms with van der Waals surface area (Å²) in [7, 11) is 0. The molecule has 0 spiro atoms. The summed E-state index contributed by atoms with van der Waals surface area (Å²) in [5.41, 5.74) is 0.342. The van der Waals surface area contributed by atoms with E-state index < -0.39 is 0 Å². The van der Waals surface area contributed by atoms with Gasteiger partial charge in [-0.15, -0.1) is 0 Å². The van der Waals surface area contributed by atoms with Gasteiger partial charge in [-0.2, -0.15) is 0 Å². The van der Waals surface area contributed by atoms with Crippen LogP contribution in [0.5, 0.6) is 0 Å². The Bertz CT molecular complexity index is 318. The van der Waals surface area contributed by atoms with Crippen LogP contribution in [0.3, 0.4) is 0 Å². The summed E-state index contributed by atoms with van der Waals surface area (Å²) in [6.07, 6.45) is 4.81. The van der Waals surface area contributed by atoms with Crippen molar-refractivity contribution < 1.29 is 5.11 Å². The molecule has 0 radical (unpaired) electrons. The lowest BCUT2D eigenvalue weighted by molar-refractivity contribution is 0.0579. The molecule has 2 rings (SSSR count). The zero-order chi connectivity index (χ0) is 15.6. The standard InChI is InChI=1S/C18H36N2O/c1-13(2)17(21)9-14-8-15(19-12-18(3,4)5)11-20(10-14)16-6-7-16/h13-17,19,21H,6-12H2,1-5H3. The Balaban J connectivity index is 1.88. The summed E-state index contributed by atoms with van der Waals surface area (Å²) in [5.74, 6) is 1.02. The lowest BCUT2D eigenvalue weighted by Crippen LogP contribution is -2.52. The van der Waals surface area contributed by atoms with Crippen molar-refractivity contribution in [3.63, 3.8) is 0 Å². The molecule has 3 unspecified atom stereocenters. The number of piperidine rings is 1. The molecule has 0 aromatic rings. The van der Waals surface area contributed by atoms with Gasteiger partial charge in [0, 0.05) is 31.7 Å². The van der Waals surface area contributed by atoms with Crippen LogP contribution in [0.15, 0.2) is 0 Å². The third-order valence-corrected chi connectivity index (χ3v) is 4.89. The van der Waals surface area contributed by atoms with Crippen molar-refractivity contribution in [1.82, 2.24) is 10.2 Å². The number of hydrogen-bond donors (Lipinski definition) is 2. The molecule has 1 saturated heterocycles. The van der Waals surface area contributed by atoms with Crippen molar-refractivity contribution in [1.29, 1.82) is 0 Å². The Kier molecular flexibility index (Phi) is 5.72. The second-order valence-corrected chi connectivity index (χ2v) is 8.97. The van der Waals surface area contributed by atoms with Crippen molar-refractivity contribution in [2.45, 2.75) is 78.5 Å². The van der Waals surface area contributed by atoms with Crippen LogP contribution in [0.25, 0.3) is 0 Å². The van der Waals surface area contributed by atoms with E-state index in [-0.39, 0.29) is 6.10 Å². The summed E-state index contributed by atoms with van der Waals surface area (Å²) in [6.45, 7) is 14.6. The Morgan fingerprint density at radius 2 is 1.86 bits per heavy atom. The minimum Gasteiger partial charge on any atom is -0.393 e. The molecule has 0 aromatic carbocycles. The minimum atomic E-state index is -0.141. The average molecular weight is 296 g/mol. The van der Waals surface area contributed by atoms with E-state index in [4.69, 9.17) is 0 Å². The largest absolute Gasteiger partial charge is 0.393 e. The predicted octanol–water partition coefficient (Wildman–Crippen LogP) is 2.88. The van der Waals surface area contributed by atoms with Crippen LogP contribution >= 0.6 is 0 Å². The topological polar surface area (TPSA) is 35.5 Å². The monoisotopic (exact) mass is 296 g/mol. The zero-order valence-corrected chi connectivity index (χ0v) is 14.7. The normalized spacial score (nSPS) is 29.9. The van der Waals surface area contributed by atoms with Gasteiger partial charge in [0.05, 0.1) is 6.10 Å². The van der Waals surface area contributed by atoms with Gasteiger partial charge in [-0.25, -0.2) is 0 Å². The number of aliphatic hydroxyl groups is 1. The molecule has 3 heteroatoms. The lowest BCUT2D eigenvalue weighted by atomic mass is 9.86. The second-order valence-electron chi connectivity index (χ2n) is 8.97. The third-order valence-electron chi connectivity index (χ3n) is 4.89. The van der Waals surface area contributed by atoms with Crippen LogP contribution < -0.4 is 5.32 Å². The van der Waals surface area contributed by atoms with Gasteiger partial charge in [0.2, 0.25) is 0 Å². The average Bonchev–Trinajstić information content (AvgIpc) is 3.19. The molecular formula is C18H36N2O. The molecule has 1 heterocycles. The number of nitrogens with one attached hydrogen (secondary N) is 1. The summed E-state index contributed by atoms with van der Waals surface area (Å²) < 4.78 is 0. The molecule has 124 valence electrons. The van der Waals surface area contributed by atoms with E-state index in [0.29, 0.717) is 23.3 Å². The molecule has 1 aliphatic carbocycles. The summed E-state index contributed by atoms with van der Waals surface area (Å²) in [5, 5.41) is 14.0. The number of aliphatic hydroxyl groups excluding tert-OH is 1. The molecule has 0 bridgehead atoms. The predicted molar refractivity (Wildman–Crippen MR) is 89.4 cm³/mol. The first-order chi connectivity index (χ1) is 9.74. The van der Waals surface area contributed by atoms with Gasteiger partial charge in [0.1, 0.15) is 0 Å². The molecule has 2 N–H and O–H groups in total. The van der Waals surface area contributed by atoms with Crippen LogP contribution in [-0.2, 0) is 0 Å². The van der Waals surface area contributed by atoms with Crippen LogP contribution in [0.2, 0.25) is 0 Å². The highest BCUT2D eigenvalue weighted by Crippen LogP contribution is 2.33. The number of rotatable bonds is 6. The van der Waals surface area contributed by atoms with E-state index >= 15 is 0 Å². The van der Waals surface area contributed by atoms with E-state index in [1.807, 2.05) is 0 Å². The number of nitrogens with zero attached hydrogens (tertiary/aromatic N) is 1. The first-order valence-electron chi connectivity index (χ1n) is 8.90. The highest BCUT2D eigenvalue weighted by molar-refractivity contribution is 4.93. The molecule has 3 atom stereocenters. The van der Waals surface area contributed by atoms with Gasteiger partial charge in [-0.1, -0.05) is 34.6 Å². The first-order valence-corrected chi connectivity index (χ1v) is 8.90. The van der Waals surface area contributed by atoms with Gasteiger partial charge in [-0.3, -0.25) is 4.90 Å². The van der Waals surface area contributed by atoms with E-state index in [2.05, 4.69) is 44.8 Å². The van der Waals surface area contributed by atoms with Crippen molar-refractivity contribution in [3.8, 4) is 0 Å². The SMILES string of the molecule is CC(C)C(O)CC1CC(NCC(C)(C)C)CN(C2CC2)C1. The highest BCUT2D eigenvalue weighted by atomic mass is 16.3. The van der Waals surface area contributed by atoms with E-state index in [1.165, 1.54) is 32.4 Å². The van der Waals surface area contributed by atoms with Crippen molar-refractivity contribution in [2.24, 2.45) is 17.3 Å². The maximum Gasteiger partial charge on any atom is 0.0566 e. The fraction of sp³-hybridized carbons (Fsp3) is 1.00. The molecular weight excluding hydrogens is 260 g/mol. The lowest BCUT2D eigenvalue weighted by Gasteiger charge is -2.40. The highest BCUT2D eigenvalue weighted by Gasteiger charge is 2.36. The third kappa shape index (κ3) is 5.88. The molecule has 3 nitrogen and oxygen atoms in total. The molecule has 0 aromatic heterocycles. The number of likely N-dealkylation sites (tertiary alicyclic amines) is 1. The first kappa shape index (κ1) is 17.2. The number of hydrogen-bond acceptors (Lipinski definition) is 3. The zero-order valence-electron chi connectivity index (χ0n) is 14.7. The van der Waals surface area contributed by atoms with Crippen LogP contribution in [0.4, 0.5) is 0 Å². The maximum atomic E-state index is 10.2. The minimum absolute atomic E-state index is 0.141.